The molecule has 2 N–H and O–H groups in total. The predicted molar refractivity (Wildman–Crippen MR) is 233 cm³/mol. The summed E-state index contributed by atoms with van der Waals surface area (Å²) in [4.78, 5) is 25.3. The van der Waals surface area contributed by atoms with Gasteiger partial charge in [0, 0.05) is 6.42 Å². The molecule has 0 fully saturated rings. The van der Waals surface area contributed by atoms with Crippen molar-refractivity contribution in [3.63, 3.8) is 0 Å². The van der Waals surface area contributed by atoms with Gasteiger partial charge >= 0.3 is 0 Å². The summed E-state index contributed by atoms with van der Waals surface area (Å²) in [7, 11) is 1.31. The lowest BCUT2D eigenvalue weighted by molar-refractivity contribution is -0.870. The van der Waals surface area contributed by atoms with Crippen LogP contribution in [0.5, 0.6) is 0 Å². The standard InChI is InChI=1S/C46H93N2O6P/c1-6-8-10-12-14-16-18-20-21-22-23-24-25-26-27-28-29-31-33-35-37-39-45(49)44(43-54-55(51,52)53-42-41-48(3,4)5)47-46(50)40-38-36-34-32-30-19-17-15-13-11-9-7-2/h15,17,44-45,49H,6-14,16,18-43H2,1-5H3,(H-,47,50,51,52)/b17-15-. The summed E-state index contributed by atoms with van der Waals surface area (Å²) >= 11 is 0. The van der Waals surface area contributed by atoms with Crippen LogP contribution in [0.3, 0.4) is 0 Å². The Morgan fingerprint density at radius 3 is 1.45 bits per heavy atom. The van der Waals surface area contributed by atoms with E-state index in [0.717, 1.165) is 51.4 Å². The van der Waals surface area contributed by atoms with Crippen molar-refractivity contribution < 1.29 is 32.9 Å². The summed E-state index contributed by atoms with van der Waals surface area (Å²) < 4.78 is 23.3. The van der Waals surface area contributed by atoms with Crippen LogP contribution in [0.15, 0.2) is 12.2 Å². The first-order valence-corrected chi connectivity index (χ1v) is 25.0. The van der Waals surface area contributed by atoms with E-state index in [1.165, 1.54) is 148 Å². The zero-order chi connectivity index (χ0) is 40.7. The molecule has 0 spiro atoms. The Kier molecular flexibility index (Phi) is 38.2. The van der Waals surface area contributed by atoms with Gasteiger partial charge in [-0.05, 0) is 38.5 Å². The van der Waals surface area contributed by atoms with E-state index < -0.39 is 20.0 Å². The lowest BCUT2D eigenvalue weighted by Gasteiger charge is -2.30. The summed E-state index contributed by atoms with van der Waals surface area (Å²) in [6, 6.07) is -0.800. The van der Waals surface area contributed by atoms with Crippen molar-refractivity contribution in [3.05, 3.63) is 12.2 Å². The third-order valence-corrected chi connectivity index (χ3v) is 11.7. The molecule has 55 heavy (non-hydrogen) atoms. The molecule has 0 aliphatic heterocycles. The van der Waals surface area contributed by atoms with E-state index in [4.69, 9.17) is 9.05 Å². The van der Waals surface area contributed by atoms with Gasteiger partial charge in [0.15, 0.2) is 0 Å². The number of unbranched alkanes of at least 4 members (excludes halogenated alkanes) is 28. The first-order valence-electron chi connectivity index (χ1n) is 23.5. The number of phosphoric acid groups is 1. The van der Waals surface area contributed by atoms with Gasteiger partial charge in [-0.25, -0.2) is 0 Å². The molecule has 0 aliphatic carbocycles. The second-order valence-electron chi connectivity index (χ2n) is 17.5. The normalized spacial score (nSPS) is 14.4. The van der Waals surface area contributed by atoms with Gasteiger partial charge in [-0.15, -0.1) is 0 Å². The molecule has 0 aromatic heterocycles. The number of aliphatic hydroxyl groups is 1. The second-order valence-corrected chi connectivity index (χ2v) is 18.9. The van der Waals surface area contributed by atoms with Gasteiger partial charge in [0.05, 0.1) is 39.9 Å². The summed E-state index contributed by atoms with van der Waals surface area (Å²) in [5.74, 6) is -0.173. The molecule has 0 aromatic rings. The average Bonchev–Trinajstić information content (AvgIpc) is 3.13. The maximum atomic E-state index is 12.8. The van der Waals surface area contributed by atoms with Gasteiger partial charge in [-0.2, -0.15) is 0 Å². The van der Waals surface area contributed by atoms with Crippen molar-refractivity contribution in [1.29, 1.82) is 0 Å². The van der Waals surface area contributed by atoms with Crippen molar-refractivity contribution in [1.82, 2.24) is 5.32 Å². The molecule has 3 atom stereocenters. The smallest absolute Gasteiger partial charge is 0.268 e. The molecule has 8 nitrogen and oxygen atoms in total. The van der Waals surface area contributed by atoms with Crippen molar-refractivity contribution in [2.75, 3.05) is 40.9 Å². The molecular formula is C46H93N2O6P. The first kappa shape index (κ1) is 54.2. The Bertz CT molecular complexity index is 911. The molecule has 0 heterocycles. The second kappa shape index (κ2) is 38.7. The zero-order valence-corrected chi connectivity index (χ0v) is 38.0. The van der Waals surface area contributed by atoms with Crippen molar-refractivity contribution in [2.45, 2.75) is 238 Å². The molecule has 0 saturated heterocycles. The number of rotatable bonds is 43. The summed E-state index contributed by atoms with van der Waals surface area (Å²) in [5, 5.41) is 13.9. The van der Waals surface area contributed by atoms with Gasteiger partial charge in [0.25, 0.3) is 7.82 Å². The van der Waals surface area contributed by atoms with Crippen LogP contribution in [0.1, 0.15) is 226 Å². The minimum Gasteiger partial charge on any atom is -0.756 e. The lowest BCUT2D eigenvalue weighted by Crippen LogP contribution is -2.46. The third-order valence-electron chi connectivity index (χ3n) is 10.8. The monoisotopic (exact) mass is 801 g/mol. The fourth-order valence-corrected chi connectivity index (χ4v) is 7.70. The SMILES string of the molecule is CCCCC/C=C\CCCCCCCC(=O)NC(COP(=O)([O-])OCC[N+](C)(C)C)C(O)CCCCCCCCCCCCCCCCCCCCCCC. The number of quaternary nitrogens is 1. The molecule has 0 aliphatic rings. The van der Waals surface area contributed by atoms with E-state index in [-0.39, 0.29) is 19.1 Å². The van der Waals surface area contributed by atoms with Crippen molar-refractivity contribution in [3.8, 4) is 0 Å². The van der Waals surface area contributed by atoms with Crippen LogP contribution in [-0.4, -0.2) is 68.5 Å². The topological polar surface area (TPSA) is 108 Å². The zero-order valence-electron chi connectivity index (χ0n) is 37.1. The molecule has 1 amide bonds. The van der Waals surface area contributed by atoms with Crippen LogP contribution in [-0.2, 0) is 18.4 Å². The van der Waals surface area contributed by atoms with E-state index in [1.807, 2.05) is 21.1 Å². The molecule has 0 bridgehead atoms. The number of likely N-dealkylation sites (N-methyl/N-ethyl adjacent to an activating group) is 1. The molecule has 0 aromatic carbocycles. The molecular weight excluding hydrogens is 707 g/mol. The highest BCUT2D eigenvalue weighted by Gasteiger charge is 2.24. The number of carbonyl (C=O) groups is 1. The molecule has 0 rings (SSSR count). The maximum Gasteiger partial charge on any atom is 0.268 e. The van der Waals surface area contributed by atoms with E-state index in [1.54, 1.807) is 0 Å². The van der Waals surface area contributed by atoms with Gasteiger partial charge in [0.2, 0.25) is 5.91 Å². The minimum atomic E-state index is -4.56. The number of nitrogens with one attached hydrogen (secondary N) is 1. The fraction of sp³-hybridized carbons (Fsp3) is 0.935. The Morgan fingerprint density at radius 2 is 1.00 bits per heavy atom. The molecule has 328 valence electrons. The number of allylic oxidation sites excluding steroid dienone is 2. The van der Waals surface area contributed by atoms with E-state index in [0.29, 0.717) is 23.9 Å². The predicted octanol–water partition coefficient (Wildman–Crippen LogP) is 12.5. The number of amides is 1. The maximum absolute atomic E-state index is 12.8. The fourth-order valence-electron chi connectivity index (χ4n) is 6.98. The highest BCUT2D eigenvalue weighted by atomic mass is 31.2. The first-order chi connectivity index (χ1) is 26.5. The highest BCUT2D eigenvalue weighted by Crippen LogP contribution is 2.38. The van der Waals surface area contributed by atoms with Crippen LogP contribution in [0.2, 0.25) is 0 Å². The number of phosphoric ester groups is 1. The van der Waals surface area contributed by atoms with Gasteiger partial charge < -0.3 is 28.8 Å². The van der Waals surface area contributed by atoms with Crippen LogP contribution >= 0.6 is 7.82 Å². The van der Waals surface area contributed by atoms with Crippen molar-refractivity contribution >= 4 is 13.7 Å². The molecule has 9 heteroatoms. The van der Waals surface area contributed by atoms with Crippen molar-refractivity contribution in [2.24, 2.45) is 0 Å². The Balaban J connectivity index is 4.25. The van der Waals surface area contributed by atoms with Crippen LogP contribution in [0.25, 0.3) is 0 Å². The number of aliphatic hydroxyl groups excluding tert-OH is 1. The van der Waals surface area contributed by atoms with E-state index in [9.17, 15) is 19.4 Å². The lowest BCUT2D eigenvalue weighted by atomic mass is 10.0. The number of hydrogen-bond acceptors (Lipinski definition) is 6. The van der Waals surface area contributed by atoms with E-state index in [2.05, 4.69) is 31.3 Å². The Labute approximate surface area is 342 Å². The number of nitrogens with zero attached hydrogens (tertiary/aromatic N) is 1. The minimum absolute atomic E-state index is 0.0124. The van der Waals surface area contributed by atoms with Crippen LogP contribution < -0.4 is 10.2 Å². The Hall–Kier alpha value is -0.760. The van der Waals surface area contributed by atoms with E-state index >= 15 is 0 Å². The summed E-state index contributed by atoms with van der Waals surface area (Å²) in [6.45, 7) is 4.70. The largest absolute Gasteiger partial charge is 0.756 e. The van der Waals surface area contributed by atoms with Gasteiger partial charge in [0.1, 0.15) is 13.2 Å². The summed E-state index contributed by atoms with van der Waals surface area (Å²) in [5.41, 5.74) is 0. The number of carbonyl (C=O) groups excluding carboxylic acids is 1. The van der Waals surface area contributed by atoms with Gasteiger partial charge in [-0.3, -0.25) is 9.36 Å². The number of hydrogen-bond donors (Lipinski definition) is 2. The Morgan fingerprint density at radius 1 is 0.618 bits per heavy atom. The van der Waals surface area contributed by atoms with Crippen LogP contribution in [0.4, 0.5) is 0 Å². The van der Waals surface area contributed by atoms with Gasteiger partial charge in [-0.1, -0.05) is 193 Å². The average molecular weight is 801 g/mol. The highest BCUT2D eigenvalue weighted by molar-refractivity contribution is 7.45. The quantitative estimate of drug-likeness (QED) is 0.0275. The molecule has 0 radical (unpaired) electrons. The molecule has 3 unspecified atom stereocenters. The third kappa shape index (κ3) is 41.2. The van der Waals surface area contributed by atoms with Crippen LogP contribution in [0, 0.1) is 0 Å². The summed E-state index contributed by atoms with van der Waals surface area (Å²) in [6.07, 6.45) is 43.6. The molecule has 0 saturated carbocycles.